The first kappa shape index (κ1) is 8.81. The molecule has 0 bridgehead atoms. The minimum atomic E-state index is -0.346. The fourth-order valence-electron chi connectivity index (χ4n) is 1.41. The fourth-order valence-corrected chi connectivity index (χ4v) is 1.41. The summed E-state index contributed by atoms with van der Waals surface area (Å²) in [6.07, 6.45) is 1.67. The largest absolute Gasteiger partial charge is 0.465 e. The van der Waals surface area contributed by atoms with Crippen molar-refractivity contribution in [2.24, 2.45) is 0 Å². The first-order chi connectivity index (χ1) is 6.72. The molecule has 0 radical (unpaired) electrons. The van der Waals surface area contributed by atoms with Gasteiger partial charge in [-0.05, 0) is 30.7 Å². The molecule has 1 heterocycles. The molecule has 1 aromatic heterocycles. The van der Waals surface area contributed by atoms with Crippen molar-refractivity contribution in [3.63, 3.8) is 0 Å². The van der Waals surface area contributed by atoms with Crippen molar-refractivity contribution in [3.05, 3.63) is 35.6 Å². The van der Waals surface area contributed by atoms with E-state index in [1.165, 1.54) is 7.11 Å². The van der Waals surface area contributed by atoms with E-state index in [2.05, 4.69) is 4.74 Å². The average Bonchev–Trinajstić information content (AvgIpc) is 2.59. The number of hydrogen-bond donors (Lipinski definition) is 0. The topological polar surface area (TPSA) is 39.4 Å². The SMILES string of the molecule is COC(=O)c1ccc2c(C)coc2c1. The van der Waals surface area contributed by atoms with E-state index in [4.69, 9.17) is 4.42 Å². The van der Waals surface area contributed by atoms with Crippen molar-refractivity contribution in [3.8, 4) is 0 Å². The van der Waals surface area contributed by atoms with Crippen LogP contribution in [-0.2, 0) is 4.74 Å². The predicted molar refractivity (Wildman–Crippen MR) is 52.3 cm³/mol. The summed E-state index contributed by atoms with van der Waals surface area (Å²) in [6, 6.07) is 5.28. The van der Waals surface area contributed by atoms with Gasteiger partial charge in [-0.3, -0.25) is 0 Å². The lowest BCUT2D eigenvalue weighted by Gasteiger charge is -1.97. The Morgan fingerprint density at radius 3 is 2.93 bits per heavy atom. The molecule has 0 N–H and O–H groups in total. The van der Waals surface area contributed by atoms with E-state index in [1.807, 2.05) is 13.0 Å². The Morgan fingerprint density at radius 2 is 2.21 bits per heavy atom. The van der Waals surface area contributed by atoms with Crippen LogP contribution in [0.15, 0.2) is 28.9 Å². The molecule has 0 aliphatic carbocycles. The van der Waals surface area contributed by atoms with Crippen LogP contribution in [0.25, 0.3) is 11.0 Å². The molecule has 3 nitrogen and oxygen atoms in total. The molecular weight excluding hydrogens is 180 g/mol. The lowest BCUT2D eigenvalue weighted by atomic mass is 10.1. The summed E-state index contributed by atoms with van der Waals surface area (Å²) < 4.78 is 9.89. The number of carbonyl (C=O) groups excluding carboxylic acids is 1. The van der Waals surface area contributed by atoms with Crippen molar-refractivity contribution in [2.45, 2.75) is 6.92 Å². The van der Waals surface area contributed by atoms with Crippen molar-refractivity contribution >= 4 is 16.9 Å². The Kier molecular flexibility index (Phi) is 2.00. The van der Waals surface area contributed by atoms with Crippen LogP contribution in [0.2, 0.25) is 0 Å². The predicted octanol–water partition coefficient (Wildman–Crippen LogP) is 2.53. The number of esters is 1. The zero-order chi connectivity index (χ0) is 10.1. The van der Waals surface area contributed by atoms with Crippen LogP contribution in [0.1, 0.15) is 15.9 Å². The number of methoxy groups -OCH3 is 1. The number of ether oxygens (including phenoxy) is 1. The fraction of sp³-hybridized carbons (Fsp3) is 0.182. The van der Waals surface area contributed by atoms with Crippen molar-refractivity contribution < 1.29 is 13.9 Å². The maximum Gasteiger partial charge on any atom is 0.337 e. The smallest absolute Gasteiger partial charge is 0.337 e. The van der Waals surface area contributed by atoms with Crippen LogP contribution in [-0.4, -0.2) is 13.1 Å². The Morgan fingerprint density at radius 1 is 1.43 bits per heavy atom. The number of carbonyl (C=O) groups is 1. The molecule has 2 aromatic rings. The van der Waals surface area contributed by atoms with Crippen molar-refractivity contribution in [1.29, 1.82) is 0 Å². The molecule has 72 valence electrons. The second-order valence-electron chi connectivity index (χ2n) is 3.12. The third-order valence-corrected chi connectivity index (χ3v) is 2.19. The normalized spacial score (nSPS) is 10.4. The number of fused-ring (bicyclic) bond motifs is 1. The average molecular weight is 190 g/mol. The first-order valence-electron chi connectivity index (χ1n) is 4.28. The van der Waals surface area contributed by atoms with E-state index in [0.29, 0.717) is 11.1 Å². The van der Waals surface area contributed by atoms with E-state index in [0.717, 1.165) is 10.9 Å². The van der Waals surface area contributed by atoms with Gasteiger partial charge >= 0.3 is 5.97 Å². The van der Waals surface area contributed by atoms with Crippen LogP contribution in [0.5, 0.6) is 0 Å². The second kappa shape index (κ2) is 3.18. The zero-order valence-electron chi connectivity index (χ0n) is 8.03. The van der Waals surface area contributed by atoms with Crippen LogP contribution in [0.4, 0.5) is 0 Å². The van der Waals surface area contributed by atoms with E-state index in [1.54, 1.807) is 18.4 Å². The highest BCUT2D eigenvalue weighted by molar-refractivity contribution is 5.94. The highest BCUT2D eigenvalue weighted by Gasteiger charge is 2.08. The maximum absolute atomic E-state index is 11.2. The quantitative estimate of drug-likeness (QED) is 0.648. The van der Waals surface area contributed by atoms with Crippen molar-refractivity contribution in [1.82, 2.24) is 0 Å². The molecule has 3 heteroatoms. The van der Waals surface area contributed by atoms with Gasteiger partial charge in [0.15, 0.2) is 0 Å². The summed E-state index contributed by atoms with van der Waals surface area (Å²) in [5.74, 6) is -0.346. The van der Waals surface area contributed by atoms with Gasteiger partial charge in [0.05, 0.1) is 18.9 Å². The molecule has 0 aliphatic rings. The maximum atomic E-state index is 11.2. The highest BCUT2D eigenvalue weighted by Crippen LogP contribution is 2.21. The molecule has 0 aliphatic heterocycles. The van der Waals surface area contributed by atoms with Gasteiger partial charge in [0.25, 0.3) is 0 Å². The summed E-state index contributed by atoms with van der Waals surface area (Å²) in [4.78, 5) is 11.2. The van der Waals surface area contributed by atoms with E-state index in [-0.39, 0.29) is 5.97 Å². The Labute approximate surface area is 81.3 Å². The number of rotatable bonds is 1. The molecule has 0 saturated heterocycles. The molecule has 0 spiro atoms. The van der Waals surface area contributed by atoms with Gasteiger partial charge in [0.2, 0.25) is 0 Å². The van der Waals surface area contributed by atoms with Gasteiger partial charge < -0.3 is 9.15 Å². The van der Waals surface area contributed by atoms with Gasteiger partial charge in [-0.15, -0.1) is 0 Å². The van der Waals surface area contributed by atoms with Crippen LogP contribution >= 0.6 is 0 Å². The summed E-state index contributed by atoms with van der Waals surface area (Å²) in [5.41, 5.74) is 2.29. The molecule has 0 amide bonds. The van der Waals surface area contributed by atoms with Crippen molar-refractivity contribution in [2.75, 3.05) is 7.11 Å². The molecule has 0 fully saturated rings. The monoisotopic (exact) mass is 190 g/mol. The van der Waals surface area contributed by atoms with Gasteiger partial charge in [0.1, 0.15) is 5.58 Å². The highest BCUT2D eigenvalue weighted by atomic mass is 16.5. The number of furan rings is 1. The molecule has 2 rings (SSSR count). The lowest BCUT2D eigenvalue weighted by molar-refractivity contribution is 0.0601. The summed E-state index contributed by atoms with van der Waals surface area (Å²) in [7, 11) is 1.36. The third kappa shape index (κ3) is 1.27. The van der Waals surface area contributed by atoms with Gasteiger partial charge in [-0.25, -0.2) is 4.79 Å². The molecule has 0 unspecified atom stereocenters. The van der Waals surface area contributed by atoms with E-state index >= 15 is 0 Å². The number of hydrogen-bond acceptors (Lipinski definition) is 3. The Hall–Kier alpha value is -1.77. The second-order valence-corrected chi connectivity index (χ2v) is 3.12. The summed E-state index contributed by atoms with van der Waals surface area (Å²) in [6.45, 7) is 1.96. The minimum Gasteiger partial charge on any atom is -0.465 e. The Bertz CT molecular complexity index is 482. The van der Waals surface area contributed by atoms with Gasteiger partial charge in [0, 0.05) is 5.39 Å². The molecule has 1 aromatic carbocycles. The molecule has 0 atom stereocenters. The van der Waals surface area contributed by atoms with Gasteiger partial charge in [-0.1, -0.05) is 0 Å². The van der Waals surface area contributed by atoms with Gasteiger partial charge in [-0.2, -0.15) is 0 Å². The number of benzene rings is 1. The minimum absolute atomic E-state index is 0.346. The van der Waals surface area contributed by atoms with E-state index in [9.17, 15) is 4.79 Å². The molecule has 0 saturated carbocycles. The van der Waals surface area contributed by atoms with Crippen LogP contribution in [0, 0.1) is 6.92 Å². The van der Waals surface area contributed by atoms with Crippen LogP contribution < -0.4 is 0 Å². The summed E-state index contributed by atoms with van der Waals surface area (Å²) in [5, 5.41) is 1.03. The third-order valence-electron chi connectivity index (χ3n) is 2.19. The van der Waals surface area contributed by atoms with E-state index < -0.39 is 0 Å². The molecular formula is C11H10O3. The number of aryl methyl sites for hydroxylation is 1. The standard InChI is InChI=1S/C11H10O3/c1-7-6-14-10-5-8(11(12)13-2)3-4-9(7)10/h3-6H,1-2H3. The zero-order valence-corrected chi connectivity index (χ0v) is 8.03. The molecule has 14 heavy (non-hydrogen) atoms. The first-order valence-corrected chi connectivity index (χ1v) is 4.28. The van der Waals surface area contributed by atoms with Crippen LogP contribution in [0.3, 0.4) is 0 Å². The lowest BCUT2D eigenvalue weighted by Crippen LogP contribution is -2.00. The summed E-state index contributed by atoms with van der Waals surface area (Å²) >= 11 is 0. The Balaban J connectivity index is 2.57.